The molecule has 0 bridgehead atoms. The van der Waals surface area contributed by atoms with Gasteiger partial charge in [0.15, 0.2) is 0 Å². The average molecular weight is 492 g/mol. The lowest BCUT2D eigenvalue weighted by Gasteiger charge is -2.14. The van der Waals surface area contributed by atoms with Crippen LogP contribution in [0, 0.1) is 5.82 Å². The van der Waals surface area contributed by atoms with Gasteiger partial charge in [-0.15, -0.1) is 0 Å². The van der Waals surface area contributed by atoms with Gasteiger partial charge >= 0.3 is 5.97 Å². The van der Waals surface area contributed by atoms with Gasteiger partial charge in [-0.1, -0.05) is 6.07 Å². The standard InChI is InChI=1S/C27H26FN3O5/c1-15-20(8-16-9-24(35-2)23(13-27(33)34)25(10-16)36-3)19-5-4-17(28)11-22(19)21(15)12-26(32)29-14-18-6-7-30-31-18/h4-11H,12-14H2,1-3H3,(H,29,32)(H,30,31)(H,33,34)/b20-8-. The van der Waals surface area contributed by atoms with Gasteiger partial charge in [0, 0.05) is 11.8 Å². The fraction of sp³-hybridized carbons (Fsp3) is 0.222. The highest BCUT2D eigenvalue weighted by atomic mass is 19.1. The Morgan fingerprint density at radius 1 is 1.08 bits per heavy atom. The Hall–Kier alpha value is -4.40. The van der Waals surface area contributed by atoms with Gasteiger partial charge in [-0.3, -0.25) is 14.7 Å². The number of amides is 1. The lowest BCUT2D eigenvalue weighted by atomic mass is 9.99. The molecule has 0 fully saturated rings. The highest BCUT2D eigenvalue weighted by Gasteiger charge is 2.26. The summed E-state index contributed by atoms with van der Waals surface area (Å²) in [5, 5.41) is 18.8. The molecular formula is C27H26FN3O5. The fourth-order valence-electron chi connectivity index (χ4n) is 4.36. The molecule has 3 N–H and O–H groups in total. The van der Waals surface area contributed by atoms with Crippen LogP contribution in [-0.4, -0.2) is 41.4 Å². The van der Waals surface area contributed by atoms with Crippen molar-refractivity contribution in [2.45, 2.75) is 26.3 Å². The van der Waals surface area contributed by atoms with E-state index in [-0.39, 0.29) is 24.6 Å². The zero-order valence-corrected chi connectivity index (χ0v) is 20.1. The van der Waals surface area contributed by atoms with Gasteiger partial charge in [-0.2, -0.15) is 5.10 Å². The van der Waals surface area contributed by atoms with Crippen LogP contribution >= 0.6 is 0 Å². The van der Waals surface area contributed by atoms with Gasteiger partial charge in [0.05, 0.1) is 39.3 Å². The predicted molar refractivity (Wildman–Crippen MR) is 133 cm³/mol. The van der Waals surface area contributed by atoms with Crippen molar-refractivity contribution >= 4 is 29.1 Å². The van der Waals surface area contributed by atoms with Crippen LogP contribution in [0.15, 0.2) is 48.2 Å². The Balaban J connectivity index is 1.71. The van der Waals surface area contributed by atoms with Crippen LogP contribution in [-0.2, 0) is 22.6 Å². The molecule has 8 nitrogen and oxygen atoms in total. The topological polar surface area (TPSA) is 114 Å². The molecule has 4 rings (SSSR count). The first-order valence-corrected chi connectivity index (χ1v) is 11.2. The number of hydrogen-bond acceptors (Lipinski definition) is 5. The minimum atomic E-state index is -1.00. The van der Waals surface area contributed by atoms with E-state index in [1.54, 1.807) is 30.5 Å². The van der Waals surface area contributed by atoms with Gasteiger partial charge in [-0.05, 0) is 76.7 Å². The molecule has 0 unspecified atom stereocenters. The van der Waals surface area contributed by atoms with E-state index in [0.717, 1.165) is 28.0 Å². The number of hydrogen-bond donors (Lipinski definition) is 3. The van der Waals surface area contributed by atoms with Crippen molar-refractivity contribution in [3.05, 3.63) is 81.9 Å². The molecule has 0 radical (unpaired) electrons. The minimum absolute atomic E-state index is 0.0813. The summed E-state index contributed by atoms with van der Waals surface area (Å²) in [6.07, 6.45) is 3.34. The number of carboxylic acid groups (broad SMARTS) is 1. The van der Waals surface area contributed by atoms with Gasteiger partial charge < -0.3 is 19.9 Å². The summed E-state index contributed by atoms with van der Waals surface area (Å²) in [4.78, 5) is 24.0. The first-order chi connectivity index (χ1) is 17.3. The van der Waals surface area contributed by atoms with Crippen molar-refractivity contribution in [2.75, 3.05) is 14.2 Å². The second-order valence-corrected chi connectivity index (χ2v) is 8.36. The molecule has 1 aromatic heterocycles. The quantitative estimate of drug-likeness (QED) is 0.413. The van der Waals surface area contributed by atoms with Gasteiger partial charge in [0.25, 0.3) is 0 Å². The minimum Gasteiger partial charge on any atom is -0.496 e. The Labute approximate surface area is 207 Å². The van der Waals surface area contributed by atoms with Gasteiger partial charge in [0.2, 0.25) is 5.91 Å². The second kappa shape index (κ2) is 10.5. The molecule has 0 saturated heterocycles. The summed E-state index contributed by atoms with van der Waals surface area (Å²) in [6.45, 7) is 2.21. The highest BCUT2D eigenvalue weighted by molar-refractivity contribution is 6.08. The third kappa shape index (κ3) is 5.14. The van der Waals surface area contributed by atoms with E-state index in [4.69, 9.17) is 9.47 Å². The Morgan fingerprint density at radius 2 is 1.81 bits per heavy atom. The van der Waals surface area contributed by atoms with Crippen LogP contribution < -0.4 is 14.8 Å². The fourth-order valence-corrected chi connectivity index (χ4v) is 4.36. The summed E-state index contributed by atoms with van der Waals surface area (Å²) in [5.74, 6) is -0.808. The molecule has 0 aliphatic heterocycles. The van der Waals surface area contributed by atoms with Crippen molar-refractivity contribution < 1.29 is 28.6 Å². The largest absolute Gasteiger partial charge is 0.496 e. The number of nitrogens with one attached hydrogen (secondary N) is 2. The Morgan fingerprint density at radius 3 is 2.42 bits per heavy atom. The van der Waals surface area contributed by atoms with E-state index < -0.39 is 5.97 Å². The van der Waals surface area contributed by atoms with Gasteiger partial charge in [-0.25, -0.2) is 4.39 Å². The van der Waals surface area contributed by atoms with Crippen LogP contribution in [0.1, 0.15) is 41.3 Å². The van der Waals surface area contributed by atoms with Crippen molar-refractivity contribution in [3.8, 4) is 11.5 Å². The van der Waals surface area contributed by atoms with Crippen molar-refractivity contribution in [3.63, 3.8) is 0 Å². The number of halogens is 1. The summed E-state index contributed by atoms with van der Waals surface area (Å²) in [7, 11) is 2.94. The number of nitrogens with zero attached hydrogens (tertiary/aromatic N) is 1. The molecular weight excluding hydrogens is 465 g/mol. The number of ether oxygens (including phenoxy) is 2. The van der Waals surface area contributed by atoms with E-state index in [2.05, 4.69) is 15.5 Å². The molecule has 1 aliphatic rings. The zero-order valence-electron chi connectivity index (χ0n) is 20.1. The molecule has 1 aliphatic carbocycles. The Kier molecular flexibility index (Phi) is 7.19. The van der Waals surface area contributed by atoms with E-state index in [1.807, 2.05) is 13.0 Å². The lowest BCUT2D eigenvalue weighted by Crippen LogP contribution is -2.23. The summed E-state index contributed by atoms with van der Waals surface area (Å²) < 4.78 is 25.1. The summed E-state index contributed by atoms with van der Waals surface area (Å²) in [5.41, 5.74) is 5.81. The maximum atomic E-state index is 14.2. The number of H-pyrrole nitrogens is 1. The highest BCUT2D eigenvalue weighted by Crippen LogP contribution is 2.44. The lowest BCUT2D eigenvalue weighted by molar-refractivity contribution is -0.136. The van der Waals surface area contributed by atoms with Crippen LogP contribution in [0.25, 0.3) is 17.2 Å². The van der Waals surface area contributed by atoms with Crippen LogP contribution in [0.2, 0.25) is 0 Å². The average Bonchev–Trinajstić information content (AvgIpc) is 3.46. The first-order valence-electron chi connectivity index (χ1n) is 11.2. The summed E-state index contributed by atoms with van der Waals surface area (Å²) in [6, 6.07) is 9.77. The molecule has 2 aromatic carbocycles. The molecule has 1 heterocycles. The number of fused-ring (bicyclic) bond motifs is 1. The third-order valence-corrected chi connectivity index (χ3v) is 6.09. The predicted octanol–water partition coefficient (Wildman–Crippen LogP) is 4.23. The SMILES string of the molecule is COc1cc(/C=C2/C(C)=C(CC(=O)NCc3ccn[nH]3)c3cc(F)ccc32)cc(OC)c1CC(=O)O. The third-order valence-electron chi connectivity index (χ3n) is 6.09. The van der Waals surface area contributed by atoms with Crippen LogP contribution in [0.5, 0.6) is 11.5 Å². The number of aromatic nitrogens is 2. The maximum absolute atomic E-state index is 14.2. The Bertz CT molecular complexity index is 1350. The number of benzene rings is 2. The molecule has 36 heavy (non-hydrogen) atoms. The maximum Gasteiger partial charge on any atom is 0.308 e. The molecule has 0 atom stereocenters. The normalized spacial score (nSPS) is 13.6. The number of aliphatic carboxylic acids is 1. The van der Waals surface area contributed by atoms with E-state index >= 15 is 0 Å². The molecule has 186 valence electrons. The summed E-state index contributed by atoms with van der Waals surface area (Å²) >= 11 is 0. The van der Waals surface area contributed by atoms with E-state index in [1.165, 1.54) is 26.4 Å². The van der Waals surface area contributed by atoms with Crippen molar-refractivity contribution in [1.29, 1.82) is 0 Å². The number of aromatic amines is 1. The number of carboxylic acids is 1. The van der Waals surface area contributed by atoms with Crippen molar-refractivity contribution in [2.24, 2.45) is 0 Å². The number of carbonyl (C=O) groups is 2. The van der Waals surface area contributed by atoms with Crippen LogP contribution in [0.3, 0.4) is 0 Å². The van der Waals surface area contributed by atoms with Crippen molar-refractivity contribution in [1.82, 2.24) is 15.5 Å². The number of methoxy groups -OCH3 is 2. The number of allylic oxidation sites excluding steroid dienone is 2. The number of carbonyl (C=O) groups excluding carboxylic acids is 1. The monoisotopic (exact) mass is 491 g/mol. The second-order valence-electron chi connectivity index (χ2n) is 8.36. The van der Waals surface area contributed by atoms with Crippen LogP contribution in [0.4, 0.5) is 4.39 Å². The molecule has 1 amide bonds. The molecule has 9 heteroatoms. The van der Waals surface area contributed by atoms with E-state index in [0.29, 0.717) is 34.7 Å². The molecule has 3 aromatic rings. The zero-order chi connectivity index (χ0) is 25.8. The van der Waals surface area contributed by atoms with Gasteiger partial charge in [0.1, 0.15) is 17.3 Å². The smallest absolute Gasteiger partial charge is 0.308 e. The molecule has 0 saturated carbocycles. The first kappa shape index (κ1) is 24.7. The number of rotatable bonds is 9. The molecule has 0 spiro atoms. The van der Waals surface area contributed by atoms with E-state index in [9.17, 15) is 19.1 Å².